The van der Waals surface area contributed by atoms with E-state index in [9.17, 15) is 4.79 Å². The van der Waals surface area contributed by atoms with Crippen molar-refractivity contribution in [2.45, 2.75) is 69.1 Å². The molecular formula is C19H27IO. The lowest BCUT2D eigenvalue weighted by molar-refractivity contribution is -0.131. The van der Waals surface area contributed by atoms with Crippen molar-refractivity contribution >= 4 is 28.4 Å². The Morgan fingerprint density at radius 1 is 1.10 bits per heavy atom. The number of rotatable bonds is 0. The first-order chi connectivity index (χ1) is 9.95. The second-order valence-corrected chi connectivity index (χ2v) is 10.3. The molecule has 0 N–H and O–H groups in total. The van der Waals surface area contributed by atoms with Crippen LogP contribution in [0.5, 0.6) is 0 Å². The maximum atomic E-state index is 12.4. The standard InChI is InChI=1S/C19H27IO/c1-18-9-7-13(20)11-12(18)3-4-14-15-5-6-17(21)19(15,2)10-8-16(14)18/h3,13-16H,4-11H2,1-2H3/t13?,14?,15-,16?,18-,19-/m0/s1. The van der Waals surface area contributed by atoms with E-state index in [0.717, 1.165) is 28.6 Å². The average Bonchev–Trinajstić information content (AvgIpc) is 2.76. The molecule has 21 heavy (non-hydrogen) atoms. The van der Waals surface area contributed by atoms with Crippen molar-refractivity contribution in [3.05, 3.63) is 11.6 Å². The van der Waals surface area contributed by atoms with Crippen molar-refractivity contribution < 1.29 is 4.79 Å². The number of hydrogen-bond acceptors (Lipinski definition) is 1. The Bertz CT molecular complexity index is 510. The molecule has 0 bridgehead atoms. The lowest BCUT2D eigenvalue weighted by atomic mass is 9.48. The molecule has 0 spiro atoms. The summed E-state index contributed by atoms with van der Waals surface area (Å²) in [5, 5.41) is 0. The maximum Gasteiger partial charge on any atom is 0.139 e. The zero-order valence-electron chi connectivity index (χ0n) is 13.3. The smallest absolute Gasteiger partial charge is 0.139 e. The summed E-state index contributed by atoms with van der Waals surface area (Å²) in [5.41, 5.74) is 2.25. The number of hydrogen-bond donors (Lipinski definition) is 0. The summed E-state index contributed by atoms with van der Waals surface area (Å²) in [6.07, 6.45) is 12.4. The normalized spacial score (nSPS) is 52.7. The Morgan fingerprint density at radius 2 is 1.81 bits per heavy atom. The molecule has 4 aliphatic rings. The van der Waals surface area contributed by atoms with Crippen LogP contribution in [0.3, 0.4) is 0 Å². The highest BCUT2D eigenvalue weighted by atomic mass is 127. The molecule has 0 aromatic heterocycles. The van der Waals surface area contributed by atoms with Gasteiger partial charge in [0.1, 0.15) is 5.78 Å². The number of halogens is 1. The Kier molecular flexibility index (Phi) is 3.37. The molecule has 3 saturated carbocycles. The van der Waals surface area contributed by atoms with Crippen LogP contribution in [0, 0.1) is 28.6 Å². The number of Topliss-reactive ketones (excluding diaryl/α,β-unsaturated/α-hetero) is 1. The van der Waals surface area contributed by atoms with Crippen molar-refractivity contribution in [2.24, 2.45) is 28.6 Å². The van der Waals surface area contributed by atoms with Crippen LogP contribution in [0.25, 0.3) is 0 Å². The van der Waals surface area contributed by atoms with E-state index in [1.165, 1.54) is 38.5 Å². The van der Waals surface area contributed by atoms with Gasteiger partial charge in [-0.1, -0.05) is 48.1 Å². The minimum atomic E-state index is 0.0311. The van der Waals surface area contributed by atoms with Crippen LogP contribution in [-0.4, -0.2) is 9.71 Å². The lowest BCUT2D eigenvalue weighted by Crippen LogP contribution is -2.50. The third kappa shape index (κ3) is 1.96. The third-order valence-corrected chi connectivity index (χ3v) is 8.82. The Balaban J connectivity index is 1.69. The molecule has 116 valence electrons. The van der Waals surface area contributed by atoms with Crippen LogP contribution in [0.1, 0.15) is 65.2 Å². The molecule has 0 amide bonds. The van der Waals surface area contributed by atoms with Gasteiger partial charge in [-0.2, -0.15) is 0 Å². The minimum Gasteiger partial charge on any atom is -0.299 e. The predicted octanol–water partition coefficient (Wildman–Crippen LogP) is 5.32. The highest BCUT2D eigenvalue weighted by molar-refractivity contribution is 14.1. The molecule has 3 fully saturated rings. The van der Waals surface area contributed by atoms with Gasteiger partial charge < -0.3 is 0 Å². The van der Waals surface area contributed by atoms with Crippen molar-refractivity contribution in [2.75, 3.05) is 0 Å². The number of ketones is 1. The fraction of sp³-hybridized carbons (Fsp3) is 0.842. The quantitative estimate of drug-likeness (QED) is 0.307. The van der Waals surface area contributed by atoms with Crippen LogP contribution in [0.15, 0.2) is 11.6 Å². The molecule has 0 radical (unpaired) electrons. The first-order valence-electron chi connectivity index (χ1n) is 8.82. The SMILES string of the molecule is C[C@]12CCC(I)CC1=CCC1C2CC[C@]2(C)C(=O)CC[C@@H]12. The zero-order valence-corrected chi connectivity index (χ0v) is 15.5. The molecular weight excluding hydrogens is 371 g/mol. The van der Waals surface area contributed by atoms with Crippen LogP contribution < -0.4 is 0 Å². The molecule has 4 aliphatic carbocycles. The summed E-state index contributed by atoms with van der Waals surface area (Å²) in [5.74, 6) is 2.89. The van der Waals surface area contributed by atoms with Gasteiger partial charge in [0, 0.05) is 15.8 Å². The van der Waals surface area contributed by atoms with Crippen molar-refractivity contribution in [1.29, 1.82) is 0 Å². The van der Waals surface area contributed by atoms with Gasteiger partial charge in [0.05, 0.1) is 0 Å². The lowest BCUT2D eigenvalue weighted by Gasteiger charge is -2.56. The monoisotopic (exact) mass is 398 g/mol. The molecule has 2 heteroatoms. The number of allylic oxidation sites excluding steroid dienone is 2. The Hall–Kier alpha value is 0.140. The number of fused-ring (bicyclic) bond motifs is 5. The van der Waals surface area contributed by atoms with Crippen molar-refractivity contribution in [1.82, 2.24) is 0 Å². The van der Waals surface area contributed by atoms with E-state index in [-0.39, 0.29) is 5.41 Å². The van der Waals surface area contributed by atoms with Gasteiger partial charge in [0.2, 0.25) is 0 Å². The number of alkyl halides is 1. The number of carbonyl (C=O) groups excluding carboxylic acids is 1. The highest BCUT2D eigenvalue weighted by Gasteiger charge is 2.58. The van der Waals surface area contributed by atoms with E-state index in [1.54, 1.807) is 5.57 Å². The first-order valence-corrected chi connectivity index (χ1v) is 10.1. The summed E-state index contributed by atoms with van der Waals surface area (Å²) in [4.78, 5) is 12.4. The Labute approximate surface area is 142 Å². The van der Waals surface area contributed by atoms with Gasteiger partial charge in [-0.25, -0.2) is 0 Å². The fourth-order valence-corrected chi connectivity index (χ4v) is 7.17. The van der Waals surface area contributed by atoms with E-state index in [0.29, 0.717) is 17.1 Å². The third-order valence-electron chi connectivity index (χ3n) is 7.75. The topological polar surface area (TPSA) is 17.1 Å². The van der Waals surface area contributed by atoms with Gasteiger partial charge in [-0.15, -0.1) is 0 Å². The molecule has 3 unspecified atom stereocenters. The zero-order chi connectivity index (χ0) is 14.8. The van der Waals surface area contributed by atoms with Crippen molar-refractivity contribution in [3.63, 3.8) is 0 Å². The molecule has 0 aliphatic heterocycles. The molecule has 1 nitrogen and oxygen atoms in total. The molecule has 0 saturated heterocycles. The van der Waals surface area contributed by atoms with Crippen molar-refractivity contribution in [3.8, 4) is 0 Å². The second-order valence-electron chi connectivity index (χ2n) is 8.52. The van der Waals surface area contributed by atoms with Gasteiger partial charge in [-0.3, -0.25) is 4.79 Å². The van der Waals surface area contributed by atoms with Gasteiger partial charge in [0.15, 0.2) is 0 Å². The Morgan fingerprint density at radius 3 is 2.62 bits per heavy atom. The van der Waals surface area contributed by atoms with Gasteiger partial charge >= 0.3 is 0 Å². The fourth-order valence-electron chi connectivity index (χ4n) is 6.39. The maximum absolute atomic E-state index is 12.4. The highest BCUT2D eigenvalue weighted by Crippen LogP contribution is 2.64. The van der Waals surface area contributed by atoms with Crippen LogP contribution >= 0.6 is 22.6 Å². The van der Waals surface area contributed by atoms with E-state index in [4.69, 9.17) is 0 Å². The summed E-state index contributed by atoms with van der Waals surface area (Å²) >= 11 is 2.64. The summed E-state index contributed by atoms with van der Waals surface area (Å²) < 4.78 is 0.848. The molecule has 4 rings (SSSR count). The van der Waals surface area contributed by atoms with Gasteiger partial charge in [0.25, 0.3) is 0 Å². The van der Waals surface area contributed by atoms with E-state index >= 15 is 0 Å². The van der Waals surface area contributed by atoms with Crippen LogP contribution in [-0.2, 0) is 4.79 Å². The number of carbonyl (C=O) groups is 1. The molecule has 0 aromatic carbocycles. The first kappa shape index (κ1) is 14.7. The summed E-state index contributed by atoms with van der Waals surface area (Å²) in [6.45, 7) is 4.84. The van der Waals surface area contributed by atoms with Gasteiger partial charge in [-0.05, 0) is 68.1 Å². The molecule has 0 heterocycles. The van der Waals surface area contributed by atoms with E-state index < -0.39 is 0 Å². The van der Waals surface area contributed by atoms with Crippen LogP contribution in [0.2, 0.25) is 0 Å². The van der Waals surface area contributed by atoms with E-state index in [2.05, 4.69) is 42.5 Å². The molecule has 0 aromatic rings. The minimum absolute atomic E-state index is 0.0311. The van der Waals surface area contributed by atoms with Crippen LogP contribution in [0.4, 0.5) is 0 Å². The van der Waals surface area contributed by atoms with E-state index in [1.807, 2.05) is 0 Å². The second kappa shape index (κ2) is 4.82. The predicted molar refractivity (Wildman–Crippen MR) is 94.5 cm³/mol. The molecule has 6 atom stereocenters. The summed E-state index contributed by atoms with van der Waals surface area (Å²) in [6, 6.07) is 0. The summed E-state index contributed by atoms with van der Waals surface area (Å²) in [7, 11) is 0. The largest absolute Gasteiger partial charge is 0.299 e. The average molecular weight is 398 g/mol.